The third-order valence-corrected chi connectivity index (χ3v) is 6.89. The highest BCUT2D eigenvalue weighted by Crippen LogP contribution is 2.24. The maximum absolute atomic E-state index is 13.0. The van der Waals surface area contributed by atoms with Gasteiger partial charge in [0, 0.05) is 11.0 Å². The number of hydrogen-bond donors (Lipinski definition) is 1. The summed E-state index contributed by atoms with van der Waals surface area (Å²) in [4.78, 5) is 12.7. The number of benzene rings is 2. The molecule has 1 amide bonds. The predicted octanol–water partition coefficient (Wildman–Crippen LogP) is 4.04. The summed E-state index contributed by atoms with van der Waals surface area (Å²) in [6.45, 7) is 7.69. The molecule has 1 unspecified atom stereocenters. The van der Waals surface area contributed by atoms with Gasteiger partial charge in [-0.1, -0.05) is 35.0 Å². The van der Waals surface area contributed by atoms with Crippen LogP contribution in [-0.4, -0.2) is 38.3 Å². The molecule has 0 bridgehead atoms. The summed E-state index contributed by atoms with van der Waals surface area (Å²) in [5.74, 6) is 0.292. The van der Waals surface area contributed by atoms with Crippen molar-refractivity contribution >= 4 is 31.9 Å². The zero-order chi connectivity index (χ0) is 21.6. The van der Waals surface area contributed by atoms with Crippen LogP contribution in [0.25, 0.3) is 0 Å². The van der Waals surface area contributed by atoms with Crippen LogP contribution in [0.15, 0.2) is 51.8 Å². The van der Waals surface area contributed by atoms with Crippen molar-refractivity contribution in [2.45, 2.75) is 38.6 Å². The Morgan fingerprint density at radius 2 is 1.93 bits per heavy atom. The van der Waals surface area contributed by atoms with Gasteiger partial charge >= 0.3 is 0 Å². The number of nitrogens with one attached hydrogen (secondary N) is 1. The third kappa shape index (κ3) is 6.04. The molecule has 0 saturated carbocycles. The highest BCUT2D eigenvalue weighted by molar-refractivity contribution is 9.10. The van der Waals surface area contributed by atoms with E-state index in [-0.39, 0.29) is 29.9 Å². The van der Waals surface area contributed by atoms with E-state index in [0.717, 1.165) is 15.6 Å². The zero-order valence-corrected chi connectivity index (χ0v) is 19.5. The van der Waals surface area contributed by atoms with Crippen molar-refractivity contribution in [1.29, 1.82) is 0 Å². The Morgan fingerprint density at radius 1 is 1.21 bits per heavy atom. The minimum atomic E-state index is -3.80. The lowest BCUT2D eigenvalue weighted by Gasteiger charge is -2.22. The van der Waals surface area contributed by atoms with Crippen molar-refractivity contribution in [2.24, 2.45) is 0 Å². The van der Waals surface area contributed by atoms with Crippen LogP contribution < -0.4 is 10.1 Å². The maximum Gasteiger partial charge on any atom is 0.243 e. The molecular formula is C21H27BrN2O4S. The van der Waals surface area contributed by atoms with Crippen molar-refractivity contribution in [1.82, 2.24) is 9.62 Å². The van der Waals surface area contributed by atoms with Gasteiger partial charge in [0.2, 0.25) is 15.9 Å². The Balaban J connectivity index is 2.13. The van der Waals surface area contributed by atoms with Crippen molar-refractivity contribution < 1.29 is 17.9 Å². The van der Waals surface area contributed by atoms with Gasteiger partial charge in [0.1, 0.15) is 5.75 Å². The maximum atomic E-state index is 13.0. The fraction of sp³-hybridized carbons (Fsp3) is 0.381. The van der Waals surface area contributed by atoms with Gasteiger partial charge < -0.3 is 10.1 Å². The summed E-state index contributed by atoms with van der Waals surface area (Å²) in [6, 6.07) is 12.1. The lowest BCUT2D eigenvalue weighted by molar-refractivity contribution is -0.121. The van der Waals surface area contributed by atoms with Crippen LogP contribution in [0.5, 0.6) is 5.75 Å². The van der Waals surface area contributed by atoms with E-state index < -0.39 is 10.0 Å². The fourth-order valence-corrected chi connectivity index (χ4v) is 4.83. The summed E-state index contributed by atoms with van der Waals surface area (Å²) in [6.07, 6.45) is 0. The van der Waals surface area contributed by atoms with Crippen LogP contribution in [0.3, 0.4) is 0 Å². The van der Waals surface area contributed by atoms with E-state index in [0.29, 0.717) is 12.4 Å². The molecule has 0 aliphatic rings. The average Bonchev–Trinajstić information content (AvgIpc) is 2.67. The number of likely N-dealkylation sites (N-methyl/N-ethyl adjacent to an activating group) is 1. The first-order valence-corrected chi connectivity index (χ1v) is 11.7. The molecule has 0 radical (unpaired) electrons. The van der Waals surface area contributed by atoms with Crippen molar-refractivity contribution in [3.8, 4) is 5.75 Å². The van der Waals surface area contributed by atoms with Gasteiger partial charge in [0.15, 0.2) is 0 Å². The van der Waals surface area contributed by atoms with Crippen LogP contribution in [0.1, 0.15) is 37.9 Å². The summed E-state index contributed by atoms with van der Waals surface area (Å²) < 4.78 is 33.6. The second-order valence-electron chi connectivity index (χ2n) is 6.64. The normalized spacial score (nSPS) is 12.6. The molecule has 2 aromatic carbocycles. The van der Waals surface area contributed by atoms with E-state index in [1.54, 1.807) is 26.0 Å². The molecule has 158 valence electrons. The van der Waals surface area contributed by atoms with E-state index in [9.17, 15) is 13.2 Å². The zero-order valence-electron chi connectivity index (χ0n) is 17.1. The number of ether oxygens (including phenoxy) is 1. The lowest BCUT2D eigenvalue weighted by Crippen LogP contribution is -2.41. The van der Waals surface area contributed by atoms with E-state index in [1.165, 1.54) is 10.4 Å². The number of sulfonamides is 1. The number of carbonyl (C=O) groups is 1. The standard InChI is InChI=1S/C21H27BrN2O4S/c1-5-24(14-21(25)23-16(4)17-8-7-9-18(22)13-17)29(26,27)19-10-11-20(28-6-2)15(3)12-19/h7-13,16H,5-6,14H2,1-4H3,(H,23,25). The highest BCUT2D eigenvalue weighted by Gasteiger charge is 2.26. The summed E-state index contributed by atoms with van der Waals surface area (Å²) >= 11 is 3.41. The Morgan fingerprint density at radius 3 is 2.52 bits per heavy atom. The summed E-state index contributed by atoms with van der Waals surface area (Å²) in [5, 5.41) is 2.86. The molecule has 2 aromatic rings. The number of amides is 1. The monoisotopic (exact) mass is 482 g/mol. The predicted molar refractivity (Wildman–Crippen MR) is 117 cm³/mol. The van der Waals surface area contributed by atoms with Crippen LogP contribution >= 0.6 is 15.9 Å². The second kappa shape index (κ2) is 10.2. The van der Waals surface area contributed by atoms with E-state index in [2.05, 4.69) is 21.2 Å². The fourth-order valence-electron chi connectivity index (χ4n) is 2.92. The summed E-state index contributed by atoms with van der Waals surface area (Å²) in [7, 11) is -3.80. The second-order valence-corrected chi connectivity index (χ2v) is 9.49. The highest BCUT2D eigenvalue weighted by atomic mass is 79.9. The molecule has 0 heterocycles. The molecule has 0 aliphatic carbocycles. The number of halogens is 1. The molecule has 1 atom stereocenters. The number of rotatable bonds is 9. The lowest BCUT2D eigenvalue weighted by atomic mass is 10.1. The Bertz CT molecular complexity index is 963. The molecule has 0 aromatic heterocycles. The largest absolute Gasteiger partial charge is 0.494 e. The topological polar surface area (TPSA) is 75.7 Å². The molecule has 0 spiro atoms. The number of nitrogens with zero attached hydrogens (tertiary/aromatic N) is 1. The molecule has 29 heavy (non-hydrogen) atoms. The minimum Gasteiger partial charge on any atom is -0.494 e. The van der Waals surface area contributed by atoms with Crippen molar-refractivity contribution in [3.63, 3.8) is 0 Å². The van der Waals surface area contributed by atoms with E-state index >= 15 is 0 Å². The van der Waals surface area contributed by atoms with Crippen LogP contribution in [0.4, 0.5) is 0 Å². The quantitative estimate of drug-likeness (QED) is 0.584. The first-order chi connectivity index (χ1) is 13.7. The SMILES string of the molecule is CCOc1ccc(S(=O)(=O)N(CC)CC(=O)NC(C)c2cccc(Br)c2)cc1C. The van der Waals surface area contributed by atoms with Gasteiger partial charge in [-0.2, -0.15) is 4.31 Å². The molecule has 6 nitrogen and oxygen atoms in total. The van der Waals surface area contributed by atoms with Crippen LogP contribution in [0.2, 0.25) is 0 Å². The molecule has 8 heteroatoms. The van der Waals surface area contributed by atoms with Gasteiger partial charge in [-0.15, -0.1) is 0 Å². The number of aryl methyl sites for hydroxylation is 1. The molecule has 0 aliphatic heterocycles. The Hall–Kier alpha value is -1.90. The molecule has 1 N–H and O–H groups in total. The van der Waals surface area contributed by atoms with Crippen molar-refractivity contribution in [3.05, 3.63) is 58.1 Å². The smallest absolute Gasteiger partial charge is 0.243 e. The van der Waals surface area contributed by atoms with Crippen molar-refractivity contribution in [2.75, 3.05) is 19.7 Å². The summed E-state index contributed by atoms with van der Waals surface area (Å²) in [5.41, 5.74) is 1.66. The van der Waals surface area contributed by atoms with E-state index in [1.807, 2.05) is 38.1 Å². The molecular weight excluding hydrogens is 456 g/mol. The Kier molecular flexibility index (Phi) is 8.24. The minimum absolute atomic E-state index is 0.146. The van der Waals surface area contributed by atoms with Crippen LogP contribution in [-0.2, 0) is 14.8 Å². The molecule has 0 saturated heterocycles. The van der Waals surface area contributed by atoms with Crippen LogP contribution in [0, 0.1) is 6.92 Å². The average molecular weight is 483 g/mol. The first-order valence-electron chi connectivity index (χ1n) is 9.47. The van der Waals surface area contributed by atoms with Gasteiger partial charge in [0.05, 0.1) is 24.1 Å². The molecule has 0 fully saturated rings. The first kappa shape index (κ1) is 23.4. The number of carbonyl (C=O) groups excluding carboxylic acids is 1. The third-order valence-electron chi connectivity index (χ3n) is 4.48. The van der Waals surface area contributed by atoms with Gasteiger partial charge in [-0.25, -0.2) is 8.42 Å². The van der Waals surface area contributed by atoms with Gasteiger partial charge in [-0.05, 0) is 62.2 Å². The molecule has 2 rings (SSSR count). The van der Waals surface area contributed by atoms with E-state index in [4.69, 9.17) is 4.74 Å². The van der Waals surface area contributed by atoms with Gasteiger partial charge in [-0.3, -0.25) is 4.79 Å². The number of hydrogen-bond acceptors (Lipinski definition) is 4. The van der Waals surface area contributed by atoms with Gasteiger partial charge in [0.25, 0.3) is 0 Å². The Labute approximate surface area is 181 Å².